The Bertz CT molecular complexity index is 404. The van der Waals surface area contributed by atoms with Crippen LogP contribution in [0.4, 0.5) is 0 Å². The van der Waals surface area contributed by atoms with Crippen LogP contribution in [0.5, 0.6) is 0 Å². The predicted molar refractivity (Wildman–Crippen MR) is 71.2 cm³/mol. The number of aliphatic hydroxyl groups is 1. The van der Waals surface area contributed by atoms with Crippen LogP contribution in [0.2, 0.25) is 0 Å². The topological polar surface area (TPSA) is 23.5 Å². The van der Waals surface area contributed by atoms with E-state index in [0.29, 0.717) is 0 Å². The summed E-state index contributed by atoms with van der Waals surface area (Å²) in [5.41, 5.74) is 3.46. The lowest BCUT2D eigenvalue weighted by molar-refractivity contribution is -0.00317. The molecule has 1 aromatic rings. The van der Waals surface area contributed by atoms with E-state index in [0.717, 1.165) is 0 Å². The molecule has 0 fully saturated rings. The number of hydrogen-bond donors (Lipinski definition) is 1. The molecule has 0 bridgehead atoms. The van der Waals surface area contributed by atoms with Crippen molar-refractivity contribution >= 4 is 0 Å². The summed E-state index contributed by atoms with van der Waals surface area (Å²) in [4.78, 5) is 2.09. The van der Waals surface area contributed by atoms with E-state index in [1.165, 1.54) is 36.0 Å². The molecular formula is C15H23NO. The Morgan fingerprint density at radius 3 is 2.41 bits per heavy atom. The van der Waals surface area contributed by atoms with Crippen LogP contribution in [-0.2, 0) is 12.8 Å². The van der Waals surface area contributed by atoms with Crippen molar-refractivity contribution in [1.82, 2.24) is 4.90 Å². The largest absolute Gasteiger partial charge is 0.388 e. The molecule has 1 N–H and O–H groups in total. The summed E-state index contributed by atoms with van der Waals surface area (Å²) in [6.45, 7) is 3.76. The van der Waals surface area contributed by atoms with E-state index in [-0.39, 0.29) is 6.04 Å². The van der Waals surface area contributed by atoms with Gasteiger partial charge in [0.1, 0.15) is 0 Å². The molecule has 1 atom stereocenters. The zero-order valence-corrected chi connectivity index (χ0v) is 11.3. The van der Waals surface area contributed by atoms with Gasteiger partial charge in [0, 0.05) is 0 Å². The third-order valence-electron chi connectivity index (χ3n) is 3.62. The number of fused-ring (bicyclic) bond motifs is 1. The van der Waals surface area contributed by atoms with Crippen LogP contribution in [0.25, 0.3) is 0 Å². The Labute approximate surface area is 104 Å². The quantitative estimate of drug-likeness (QED) is 0.867. The van der Waals surface area contributed by atoms with E-state index in [2.05, 4.69) is 23.1 Å². The average molecular weight is 233 g/mol. The molecule has 1 unspecified atom stereocenters. The minimum atomic E-state index is -0.726. The van der Waals surface area contributed by atoms with Crippen molar-refractivity contribution in [1.29, 1.82) is 0 Å². The van der Waals surface area contributed by atoms with E-state index in [1.54, 1.807) is 0 Å². The van der Waals surface area contributed by atoms with E-state index >= 15 is 0 Å². The minimum absolute atomic E-state index is 0.0494. The van der Waals surface area contributed by atoms with Crippen LogP contribution in [-0.4, -0.2) is 29.7 Å². The first-order valence-electron chi connectivity index (χ1n) is 6.40. The predicted octanol–water partition coefficient (Wildman–Crippen LogP) is 2.55. The van der Waals surface area contributed by atoms with Crippen molar-refractivity contribution in [3.8, 4) is 0 Å². The van der Waals surface area contributed by atoms with Crippen molar-refractivity contribution in [3.63, 3.8) is 0 Å². The summed E-state index contributed by atoms with van der Waals surface area (Å²) >= 11 is 0. The molecule has 94 valence electrons. The van der Waals surface area contributed by atoms with Gasteiger partial charge in [0.15, 0.2) is 0 Å². The second kappa shape index (κ2) is 4.43. The van der Waals surface area contributed by atoms with E-state index in [4.69, 9.17) is 0 Å². The van der Waals surface area contributed by atoms with Crippen molar-refractivity contribution in [3.05, 3.63) is 34.9 Å². The van der Waals surface area contributed by atoms with Gasteiger partial charge >= 0.3 is 0 Å². The highest BCUT2D eigenvalue weighted by Crippen LogP contribution is 2.33. The lowest BCUT2D eigenvalue weighted by Gasteiger charge is -2.35. The first-order valence-corrected chi connectivity index (χ1v) is 6.40. The molecule has 0 saturated heterocycles. The molecule has 0 amide bonds. The Morgan fingerprint density at radius 2 is 1.82 bits per heavy atom. The second-order valence-electron chi connectivity index (χ2n) is 5.90. The third-order valence-corrected chi connectivity index (χ3v) is 3.62. The Kier molecular flexibility index (Phi) is 3.28. The first-order chi connectivity index (χ1) is 7.89. The number of aryl methyl sites for hydroxylation is 2. The van der Waals surface area contributed by atoms with Gasteiger partial charge in [-0.3, -0.25) is 4.90 Å². The number of benzene rings is 1. The summed E-state index contributed by atoms with van der Waals surface area (Å²) in [5, 5.41) is 10.3. The molecule has 0 aromatic heterocycles. The fourth-order valence-electron chi connectivity index (χ4n) is 3.10. The van der Waals surface area contributed by atoms with Crippen molar-refractivity contribution < 1.29 is 5.11 Å². The number of hydrogen-bond acceptors (Lipinski definition) is 2. The summed E-state index contributed by atoms with van der Waals surface area (Å²) in [6.07, 6.45) is 3.67. The lowest BCUT2D eigenvalue weighted by atomic mass is 9.89. The van der Waals surface area contributed by atoms with Gasteiger partial charge in [0.05, 0.1) is 11.6 Å². The van der Waals surface area contributed by atoms with Crippen molar-refractivity contribution in [2.24, 2.45) is 0 Å². The van der Waals surface area contributed by atoms with Crippen LogP contribution in [0.3, 0.4) is 0 Å². The molecule has 2 heteroatoms. The maximum atomic E-state index is 10.3. The number of rotatable bonds is 3. The summed E-state index contributed by atoms with van der Waals surface area (Å²) < 4.78 is 0. The molecule has 0 radical (unpaired) electrons. The van der Waals surface area contributed by atoms with Crippen molar-refractivity contribution in [2.45, 2.75) is 44.8 Å². The van der Waals surface area contributed by atoms with Crippen molar-refractivity contribution in [2.75, 3.05) is 14.1 Å². The molecule has 2 rings (SSSR count). The van der Waals surface area contributed by atoms with Crippen LogP contribution in [0, 0.1) is 0 Å². The molecule has 0 spiro atoms. The molecule has 1 aromatic carbocycles. The molecule has 1 aliphatic rings. The maximum absolute atomic E-state index is 10.3. The van der Waals surface area contributed by atoms with Crippen LogP contribution in [0.15, 0.2) is 18.2 Å². The summed E-state index contributed by atoms with van der Waals surface area (Å²) in [5.74, 6) is 0. The van der Waals surface area contributed by atoms with Gasteiger partial charge in [-0.2, -0.15) is 0 Å². The molecule has 2 nitrogen and oxygen atoms in total. The molecule has 1 aliphatic carbocycles. The Morgan fingerprint density at radius 1 is 1.18 bits per heavy atom. The maximum Gasteiger partial charge on any atom is 0.0787 e. The van der Waals surface area contributed by atoms with Crippen LogP contribution >= 0.6 is 0 Å². The molecule has 0 aliphatic heterocycles. The second-order valence-corrected chi connectivity index (χ2v) is 5.90. The highest BCUT2D eigenvalue weighted by Gasteiger charge is 2.30. The standard InChI is InChI=1S/C15H23NO/c1-15(2,17)14(16(3)4)13-9-8-11-6-5-7-12(11)10-13/h8-10,14,17H,5-7H2,1-4H3. The normalized spacial score (nSPS) is 17.3. The van der Waals surface area contributed by atoms with E-state index < -0.39 is 5.60 Å². The Hall–Kier alpha value is -0.860. The van der Waals surface area contributed by atoms with Gasteiger partial charge < -0.3 is 5.11 Å². The monoisotopic (exact) mass is 233 g/mol. The Balaban J connectivity index is 2.37. The smallest absolute Gasteiger partial charge is 0.0787 e. The molecule has 0 saturated carbocycles. The van der Waals surface area contributed by atoms with Crippen LogP contribution < -0.4 is 0 Å². The van der Waals surface area contributed by atoms with E-state index in [9.17, 15) is 5.11 Å². The lowest BCUT2D eigenvalue weighted by Crippen LogP contribution is -2.38. The van der Waals surface area contributed by atoms with Crippen LogP contribution in [0.1, 0.15) is 43.0 Å². The fourth-order valence-corrected chi connectivity index (χ4v) is 3.10. The van der Waals surface area contributed by atoms with Gasteiger partial charge in [-0.05, 0) is 63.9 Å². The zero-order valence-electron chi connectivity index (χ0n) is 11.3. The van der Waals surface area contributed by atoms with Gasteiger partial charge in [0.25, 0.3) is 0 Å². The minimum Gasteiger partial charge on any atom is -0.388 e. The molecule has 0 heterocycles. The highest BCUT2D eigenvalue weighted by molar-refractivity contribution is 5.37. The number of likely N-dealkylation sites (N-methyl/N-ethyl adjacent to an activating group) is 1. The van der Waals surface area contributed by atoms with Gasteiger partial charge in [0.2, 0.25) is 0 Å². The van der Waals surface area contributed by atoms with Gasteiger partial charge in [-0.25, -0.2) is 0 Å². The van der Waals surface area contributed by atoms with Gasteiger partial charge in [-0.1, -0.05) is 18.2 Å². The molecular weight excluding hydrogens is 210 g/mol. The average Bonchev–Trinajstić information content (AvgIpc) is 2.61. The third kappa shape index (κ3) is 2.53. The van der Waals surface area contributed by atoms with E-state index in [1.807, 2.05) is 27.9 Å². The first kappa shape index (κ1) is 12.6. The molecule has 17 heavy (non-hydrogen) atoms. The summed E-state index contributed by atoms with van der Waals surface area (Å²) in [7, 11) is 4.05. The summed E-state index contributed by atoms with van der Waals surface area (Å²) in [6, 6.07) is 6.74. The van der Waals surface area contributed by atoms with Gasteiger partial charge in [-0.15, -0.1) is 0 Å². The number of nitrogens with zero attached hydrogens (tertiary/aromatic N) is 1. The SMILES string of the molecule is CN(C)C(c1ccc2c(c1)CCC2)C(C)(C)O. The fraction of sp³-hybridized carbons (Fsp3) is 0.600. The highest BCUT2D eigenvalue weighted by atomic mass is 16.3. The zero-order chi connectivity index (χ0) is 12.6.